The molecule has 0 aromatic heterocycles. The van der Waals surface area contributed by atoms with Crippen LogP contribution in [0.4, 0.5) is 18.9 Å². The molecular formula is C14H20F3N3S. The normalized spacial score (nSPS) is 11.8. The van der Waals surface area contributed by atoms with Gasteiger partial charge in [-0.15, -0.1) is 0 Å². The van der Waals surface area contributed by atoms with Crippen molar-refractivity contribution < 1.29 is 13.2 Å². The molecule has 0 aliphatic carbocycles. The average Bonchev–Trinajstić information content (AvgIpc) is 2.36. The molecular weight excluding hydrogens is 299 g/mol. The van der Waals surface area contributed by atoms with Crippen molar-refractivity contribution in [2.75, 3.05) is 39.1 Å². The maximum absolute atomic E-state index is 12.9. The number of anilines is 1. The van der Waals surface area contributed by atoms with Crippen LogP contribution in [-0.2, 0) is 6.18 Å². The highest BCUT2D eigenvalue weighted by atomic mass is 32.1. The zero-order valence-electron chi connectivity index (χ0n) is 12.4. The fraction of sp³-hybridized carbons (Fsp3) is 0.500. The average molecular weight is 319 g/mol. The lowest BCUT2D eigenvalue weighted by Gasteiger charge is -2.22. The molecule has 1 aromatic carbocycles. The van der Waals surface area contributed by atoms with E-state index in [1.54, 1.807) is 0 Å². The molecule has 1 rings (SSSR count). The predicted molar refractivity (Wildman–Crippen MR) is 83.8 cm³/mol. The molecule has 1 aromatic rings. The Kier molecular flexibility index (Phi) is 5.98. The van der Waals surface area contributed by atoms with Crippen molar-refractivity contribution in [1.29, 1.82) is 0 Å². The molecule has 21 heavy (non-hydrogen) atoms. The molecule has 2 N–H and O–H groups in total. The Bertz CT molecular complexity index is 501. The SMILES string of the molecule is CN(C)CCCN(C)c1ccc(C(F)(F)F)c(C(N)=S)c1. The molecule has 0 spiro atoms. The molecule has 0 radical (unpaired) electrons. The number of rotatable bonds is 6. The first-order chi connectivity index (χ1) is 9.62. The summed E-state index contributed by atoms with van der Waals surface area (Å²) in [7, 11) is 5.79. The van der Waals surface area contributed by atoms with Crippen LogP contribution in [0.2, 0.25) is 0 Å². The van der Waals surface area contributed by atoms with Crippen molar-refractivity contribution in [3.8, 4) is 0 Å². The van der Waals surface area contributed by atoms with Gasteiger partial charge in [-0.1, -0.05) is 12.2 Å². The van der Waals surface area contributed by atoms with E-state index >= 15 is 0 Å². The molecule has 0 heterocycles. The highest BCUT2D eigenvalue weighted by Gasteiger charge is 2.34. The minimum Gasteiger partial charge on any atom is -0.389 e. The van der Waals surface area contributed by atoms with E-state index < -0.39 is 11.7 Å². The fourth-order valence-electron chi connectivity index (χ4n) is 1.97. The van der Waals surface area contributed by atoms with Gasteiger partial charge in [0.25, 0.3) is 0 Å². The van der Waals surface area contributed by atoms with Gasteiger partial charge in [-0.25, -0.2) is 0 Å². The Balaban J connectivity index is 2.95. The summed E-state index contributed by atoms with van der Waals surface area (Å²) in [6.07, 6.45) is -3.55. The lowest BCUT2D eigenvalue weighted by Crippen LogP contribution is -2.24. The summed E-state index contributed by atoms with van der Waals surface area (Å²) < 4.78 is 38.7. The third kappa shape index (κ3) is 5.17. The lowest BCUT2D eigenvalue weighted by molar-refractivity contribution is -0.137. The first kappa shape index (κ1) is 17.7. The lowest BCUT2D eigenvalue weighted by atomic mass is 10.1. The van der Waals surface area contributed by atoms with E-state index in [-0.39, 0.29) is 10.6 Å². The monoisotopic (exact) mass is 319 g/mol. The van der Waals surface area contributed by atoms with Crippen LogP contribution in [0.1, 0.15) is 17.5 Å². The standard InChI is InChI=1S/C14H20F3N3S/c1-19(2)7-4-8-20(3)10-5-6-12(14(15,16)17)11(9-10)13(18)21/h5-6,9H,4,7-8H2,1-3H3,(H2,18,21). The molecule has 0 atom stereocenters. The van der Waals surface area contributed by atoms with Crippen molar-refractivity contribution in [2.24, 2.45) is 5.73 Å². The second kappa shape index (κ2) is 7.09. The zero-order valence-corrected chi connectivity index (χ0v) is 13.2. The third-order valence-corrected chi connectivity index (χ3v) is 3.33. The van der Waals surface area contributed by atoms with Gasteiger partial charge in [-0.05, 0) is 45.3 Å². The van der Waals surface area contributed by atoms with Gasteiger partial charge in [0.15, 0.2) is 0 Å². The zero-order chi connectivity index (χ0) is 16.2. The smallest absolute Gasteiger partial charge is 0.389 e. The van der Waals surface area contributed by atoms with Crippen LogP contribution >= 0.6 is 12.2 Å². The van der Waals surface area contributed by atoms with Crippen LogP contribution < -0.4 is 10.6 Å². The molecule has 0 fully saturated rings. The van der Waals surface area contributed by atoms with Crippen LogP contribution in [0.25, 0.3) is 0 Å². The number of nitrogens with zero attached hydrogens (tertiary/aromatic N) is 2. The largest absolute Gasteiger partial charge is 0.417 e. The molecule has 0 amide bonds. The van der Waals surface area contributed by atoms with Crippen LogP contribution in [0.15, 0.2) is 18.2 Å². The molecule has 0 saturated heterocycles. The van der Waals surface area contributed by atoms with E-state index in [0.29, 0.717) is 5.69 Å². The molecule has 3 nitrogen and oxygen atoms in total. The van der Waals surface area contributed by atoms with Crippen molar-refractivity contribution in [3.63, 3.8) is 0 Å². The highest BCUT2D eigenvalue weighted by Crippen LogP contribution is 2.33. The maximum atomic E-state index is 12.9. The van der Waals surface area contributed by atoms with Gasteiger partial charge in [-0.3, -0.25) is 0 Å². The molecule has 7 heteroatoms. The molecule has 0 unspecified atom stereocenters. The fourth-order valence-corrected chi connectivity index (χ4v) is 2.14. The Morgan fingerprint density at radius 2 is 1.81 bits per heavy atom. The number of thiocarbonyl (C=S) groups is 1. The maximum Gasteiger partial charge on any atom is 0.417 e. The summed E-state index contributed by atoms with van der Waals surface area (Å²) in [5.41, 5.74) is 5.18. The van der Waals surface area contributed by atoms with E-state index in [0.717, 1.165) is 25.6 Å². The quantitative estimate of drug-likeness (QED) is 0.817. The van der Waals surface area contributed by atoms with E-state index in [2.05, 4.69) is 4.90 Å². The van der Waals surface area contributed by atoms with Gasteiger partial charge in [0.1, 0.15) is 4.99 Å². The van der Waals surface area contributed by atoms with Gasteiger partial charge < -0.3 is 15.5 Å². The predicted octanol–water partition coefficient (Wildman–Crippen LogP) is 2.73. The second-order valence-corrected chi connectivity index (χ2v) is 5.61. The van der Waals surface area contributed by atoms with E-state index in [1.807, 2.05) is 26.0 Å². The van der Waals surface area contributed by atoms with Crippen LogP contribution in [0.5, 0.6) is 0 Å². The van der Waals surface area contributed by atoms with Gasteiger partial charge in [0.05, 0.1) is 5.56 Å². The Morgan fingerprint density at radius 1 is 1.19 bits per heavy atom. The first-order valence-corrected chi connectivity index (χ1v) is 6.90. The number of benzene rings is 1. The summed E-state index contributed by atoms with van der Waals surface area (Å²) in [6, 6.07) is 3.88. The summed E-state index contributed by atoms with van der Waals surface area (Å²) >= 11 is 4.74. The topological polar surface area (TPSA) is 32.5 Å². The summed E-state index contributed by atoms with van der Waals surface area (Å²) in [6.45, 7) is 1.65. The molecule has 0 aliphatic heterocycles. The molecule has 118 valence electrons. The molecule has 0 saturated carbocycles. The highest BCUT2D eigenvalue weighted by molar-refractivity contribution is 7.80. The number of hydrogen-bond acceptors (Lipinski definition) is 3. The summed E-state index contributed by atoms with van der Waals surface area (Å²) in [5, 5.41) is 0. The number of nitrogens with two attached hydrogens (primary N) is 1. The second-order valence-electron chi connectivity index (χ2n) is 5.17. The van der Waals surface area contributed by atoms with Crippen LogP contribution in [0, 0.1) is 0 Å². The number of alkyl halides is 3. The number of halogens is 3. The van der Waals surface area contributed by atoms with Gasteiger partial charge in [0, 0.05) is 24.8 Å². The van der Waals surface area contributed by atoms with Crippen molar-refractivity contribution in [1.82, 2.24) is 4.90 Å². The Morgan fingerprint density at radius 3 is 2.29 bits per heavy atom. The van der Waals surface area contributed by atoms with Crippen LogP contribution in [-0.4, -0.2) is 44.1 Å². The summed E-state index contributed by atoms with van der Waals surface area (Å²) in [5.74, 6) is 0. The van der Waals surface area contributed by atoms with Crippen molar-refractivity contribution in [3.05, 3.63) is 29.3 Å². The third-order valence-electron chi connectivity index (χ3n) is 3.11. The first-order valence-electron chi connectivity index (χ1n) is 6.50. The minimum atomic E-state index is -4.46. The van der Waals surface area contributed by atoms with E-state index in [1.165, 1.54) is 12.1 Å². The number of hydrogen-bond donors (Lipinski definition) is 1. The van der Waals surface area contributed by atoms with Gasteiger partial charge in [0.2, 0.25) is 0 Å². The van der Waals surface area contributed by atoms with Crippen molar-refractivity contribution >= 4 is 22.9 Å². The Hall–Kier alpha value is -1.34. The van der Waals surface area contributed by atoms with Crippen LogP contribution in [0.3, 0.4) is 0 Å². The molecule has 0 aliphatic rings. The molecule has 0 bridgehead atoms. The van der Waals surface area contributed by atoms with Crippen molar-refractivity contribution in [2.45, 2.75) is 12.6 Å². The van der Waals surface area contributed by atoms with Gasteiger partial charge in [-0.2, -0.15) is 13.2 Å². The summed E-state index contributed by atoms with van der Waals surface area (Å²) in [4.78, 5) is 3.71. The Labute approximate surface area is 128 Å². The minimum absolute atomic E-state index is 0.130. The van der Waals surface area contributed by atoms with E-state index in [9.17, 15) is 13.2 Å². The van der Waals surface area contributed by atoms with Gasteiger partial charge >= 0.3 is 6.18 Å². The van der Waals surface area contributed by atoms with E-state index in [4.69, 9.17) is 18.0 Å².